The van der Waals surface area contributed by atoms with Crippen molar-refractivity contribution in [1.82, 2.24) is 18.9 Å². The molecule has 1 aromatic heterocycles. The number of aromatic nitrogens is 2. The number of amides is 4. The van der Waals surface area contributed by atoms with E-state index in [0.29, 0.717) is 211 Å². The average Bonchev–Trinajstić information content (AvgIpc) is 0.686. The maximum Gasteiger partial charge on any atom is 0.261 e. The molecule has 0 saturated carbocycles. The summed E-state index contributed by atoms with van der Waals surface area (Å²) in [6, 6.07) is 27.0. The van der Waals surface area contributed by atoms with E-state index in [0.717, 1.165) is 0 Å². The van der Waals surface area contributed by atoms with Crippen molar-refractivity contribution in [3.05, 3.63) is 183 Å². The maximum atomic E-state index is 15.2. The topological polar surface area (TPSA) is 192 Å². The predicted molar refractivity (Wildman–Crippen MR) is 393 cm³/mol. The van der Waals surface area contributed by atoms with E-state index in [-0.39, 0.29) is 53.7 Å². The quantitative estimate of drug-likeness (QED) is 0.0395. The molecule has 0 bridgehead atoms. The molecule has 0 saturated heterocycles. The van der Waals surface area contributed by atoms with Gasteiger partial charge in [-0.2, -0.15) is 0 Å². The Hall–Kier alpha value is -10.7. The summed E-state index contributed by atoms with van der Waals surface area (Å²) >= 11 is 0. The monoisotopic (exact) mass is 1310 g/mol. The summed E-state index contributed by atoms with van der Waals surface area (Å²) in [5.41, 5.74) is 1.48. The lowest BCUT2D eigenvalue weighted by molar-refractivity contribution is 0.00236. The highest BCUT2D eigenvalue weighted by Crippen LogP contribution is 2.53. The molecule has 1 N–H and O–H groups in total. The minimum atomic E-state index is -0.871. The number of nitrogens with zero attached hydrogens (tertiary/aromatic N) is 4. The molecule has 1 unspecified atom stereocenters. The number of methoxy groups -OCH3 is 1. The lowest BCUT2D eigenvalue weighted by atomic mass is 9.80. The van der Waals surface area contributed by atoms with Crippen molar-refractivity contribution in [3.63, 3.8) is 0 Å². The summed E-state index contributed by atoms with van der Waals surface area (Å²) in [5, 5.41) is 21.6. The van der Waals surface area contributed by atoms with Crippen LogP contribution in [-0.4, -0.2) is 79.1 Å². The molecule has 1 aliphatic carbocycles. The Labute approximate surface area is 570 Å². The molecule has 1 atom stereocenters. The van der Waals surface area contributed by atoms with Crippen molar-refractivity contribution < 1.29 is 33.8 Å². The molecular weight excluding hydrogens is 1240 g/mol. The van der Waals surface area contributed by atoms with Crippen LogP contribution < -0.4 is 26.8 Å². The number of hydrogen-bond donors (Lipinski definition) is 1. The van der Waals surface area contributed by atoms with E-state index in [1.165, 1.54) is 25.0 Å². The average molecular weight is 1320 g/mol. The highest BCUT2D eigenvalue weighted by molar-refractivity contribution is 6.43. The van der Waals surface area contributed by atoms with Crippen LogP contribution in [0.15, 0.2) is 116 Å². The minimum Gasteiger partial charge on any atom is -0.494 e. The molecule has 0 fully saturated rings. The lowest BCUT2D eigenvalue weighted by Gasteiger charge is -2.36. The molecule has 0 radical (unpaired) electrons. The predicted octanol–water partition coefficient (Wildman–Crippen LogP) is 16.0. The Bertz CT molecular complexity index is 6020. The van der Waals surface area contributed by atoms with Crippen LogP contribution in [0.5, 0.6) is 11.6 Å². The molecule has 99 heavy (non-hydrogen) atoms. The van der Waals surface area contributed by atoms with E-state index in [4.69, 9.17) is 9.47 Å². The van der Waals surface area contributed by atoms with Gasteiger partial charge < -0.3 is 14.6 Å². The van der Waals surface area contributed by atoms with Crippen LogP contribution >= 0.6 is 0 Å². The van der Waals surface area contributed by atoms with Crippen molar-refractivity contribution in [1.29, 1.82) is 0 Å². The number of benzene rings is 11. The smallest absolute Gasteiger partial charge is 0.261 e. The third-order valence-electron chi connectivity index (χ3n) is 22.1. The molecule has 3 aliphatic heterocycles. The molecule has 4 amide bonds. The van der Waals surface area contributed by atoms with E-state index >= 15 is 9.59 Å². The fourth-order valence-corrected chi connectivity index (χ4v) is 16.9. The van der Waals surface area contributed by atoms with Gasteiger partial charge in [-0.25, -0.2) is 0 Å². The highest BCUT2D eigenvalue weighted by Gasteiger charge is 2.42. The zero-order valence-corrected chi connectivity index (χ0v) is 57.4. The second-order valence-electron chi connectivity index (χ2n) is 27.2. The number of fused-ring (bicyclic) bond motifs is 4. The first-order chi connectivity index (χ1) is 47.8. The van der Waals surface area contributed by atoms with Gasteiger partial charge in [0, 0.05) is 151 Å². The molecule has 4 heterocycles. The van der Waals surface area contributed by atoms with Gasteiger partial charge in [-0.05, 0) is 159 Å². The van der Waals surface area contributed by atoms with Crippen LogP contribution in [0.1, 0.15) is 203 Å². The second kappa shape index (κ2) is 23.8. The summed E-state index contributed by atoms with van der Waals surface area (Å²) in [4.78, 5) is 121. The normalized spacial score (nSPS) is 14.2. The molecule has 10 aromatic carbocycles. The van der Waals surface area contributed by atoms with E-state index < -0.39 is 39.9 Å². The second-order valence-corrected chi connectivity index (χ2v) is 27.2. The van der Waals surface area contributed by atoms with Gasteiger partial charge >= 0.3 is 0 Å². The van der Waals surface area contributed by atoms with Crippen LogP contribution in [0.3, 0.4) is 0 Å². The molecule has 496 valence electrons. The number of ether oxygens (including phenoxy) is 2. The fraction of sp³-hybridized carbons (Fsp3) is 0.310. The molecule has 11 aromatic rings. The van der Waals surface area contributed by atoms with Crippen molar-refractivity contribution in [2.24, 2.45) is 0 Å². The third kappa shape index (κ3) is 9.01. The number of hydrogen-bond acceptors (Lipinski definition) is 11. The summed E-state index contributed by atoms with van der Waals surface area (Å²) < 4.78 is 15.6. The van der Waals surface area contributed by atoms with Crippen LogP contribution in [0.4, 0.5) is 0 Å². The number of rotatable bonds is 17. The van der Waals surface area contributed by atoms with Crippen molar-refractivity contribution in [3.8, 4) is 46.4 Å². The fourth-order valence-electron chi connectivity index (χ4n) is 16.9. The largest absolute Gasteiger partial charge is 0.494 e. The molecule has 15 rings (SSSR count). The number of aromatic hydroxyl groups is 1. The molecule has 15 nitrogen and oxygen atoms in total. The van der Waals surface area contributed by atoms with Crippen LogP contribution in [0, 0.1) is 23.7 Å². The molecular formula is C84H74N4O11. The van der Waals surface area contributed by atoms with Gasteiger partial charge in [0.25, 0.3) is 40.3 Å². The van der Waals surface area contributed by atoms with Gasteiger partial charge in [0.15, 0.2) is 5.43 Å². The van der Waals surface area contributed by atoms with Crippen LogP contribution in [0.25, 0.3) is 108 Å². The third-order valence-corrected chi connectivity index (χ3v) is 22.1. The summed E-state index contributed by atoms with van der Waals surface area (Å²) in [5.74, 6) is 12.3. The molecule has 15 heteroatoms. The van der Waals surface area contributed by atoms with E-state index in [1.54, 1.807) is 55.6 Å². The van der Waals surface area contributed by atoms with Gasteiger partial charge in [-0.15, -0.1) is 0 Å². The van der Waals surface area contributed by atoms with Gasteiger partial charge in [0.1, 0.15) is 11.4 Å². The number of carbonyl (C=O) groups is 4. The highest BCUT2D eigenvalue weighted by atomic mass is 16.5. The SMILES string of the molecule is CCC(CC)N1C(=O)c2ccc3c4c(OC(C)(CC)COC)cc5c6c(ccc(c7c(C#Cc8ccc(C#Cc9cc%10c(O)n(C(CC)CC)c(=O)c%11ccc%12c%13c(=O)cc%14c(=O)n(C(CC)CC)c(=O)c%15ccc(c%13c%15-%14)c9c%12c%10%11)cc8)cc(c2c37)C1=O)c64)C(=O)N(C(CC)CC)C5=O. The molecule has 0 spiro atoms. The van der Waals surface area contributed by atoms with Crippen LogP contribution in [0.2, 0.25) is 0 Å². The first-order valence-corrected chi connectivity index (χ1v) is 34.9. The Morgan fingerprint density at radius 2 is 0.828 bits per heavy atom. The van der Waals surface area contributed by atoms with E-state index in [1.807, 2.05) is 112 Å². The van der Waals surface area contributed by atoms with E-state index in [2.05, 4.69) is 23.7 Å². The van der Waals surface area contributed by atoms with Gasteiger partial charge in [0.2, 0.25) is 5.88 Å². The summed E-state index contributed by atoms with van der Waals surface area (Å²) in [6.07, 6.45) is 5.00. The first kappa shape index (κ1) is 64.3. The zero-order valence-electron chi connectivity index (χ0n) is 57.4. The van der Waals surface area contributed by atoms with Crippen molar-refractivity contribution in [2.45, 2.75) is 157 Å². The Morgan fingerprint density at radius 3 is 1.36 bits per heavy atom. The lowest BCUT2D eigenvalue weighted by Crippen LogP contribution is -2.46. The Balaban J connectivity index is 0.948. The van der Waals surface area contributed by atoms with Gasteiger partial charge in [-0.3, -0.25) is 57.3 Å². The van der Waals surface area contributed by atoms with E-state index in [9.17, 15) is 33.9 Å². The van der Waals surface area contributed by atoms with Gasteiger partial charge in [0.05, 0.1) is 17.7 Å². The number of pyridine rings is 2. The number of imide groups is 2. The number of carbonyl (C=O) groups excluding carboxylic acids is 4. The van der Waals surface area contributed by atoms with Gasteiger partial charge in [-0.1, -0.05) is 110 Å². The Kier molecular flexibility index (Phi) is 15.4. The summed E-state index contributed by atoms with van der Waals surface area (Å²) in [6.45, 7) is 19.8. The molecule has 4 aliphatic rings. The summed E-state index contributed by atoms with van der Waals surface area (Å²) in [7, 11) is 1.61. The standard InChI is InChI=1S/C84H74N4O11/c1-12-46(13-2)85-76(90)54-35-31-52-70-62(89)39-60-68-56(78(92)87(82(60)96)48(16-5)17-6)33-29-50(74(68)70)64-44(37-58(80(85)94)66(54)72(52)64)27-25-42-21-23-43(24-22-42)26-28-45-38-59-67-55(77(91)86(81(59)95)47(14-3)15-4)36-32-53-71-63(99-84(10,20-9)41-98-11)40-61-69-57(34-30-51(75(69)71)65(45)73(53)67)79(93)88(83(61)97)49(18-7)19-8/h21-24,29-40,46-49,94H,12-20,41H2,1-11H3. The van der Waals surface area contributed by atoms with Crippen LogP contribution in [-0.2, 0) is 4.74 Å². The maximum absolute atomic E-state index is 15.2. The first-order valence-electron chi connectivity index (χ1n) is 34.9. The van der Waals surface area contributed by atoms with Crippen molar-refractivity contribution >= 4 is 121 Å². The van der Waals surface area contributed by atoms with Crippen molar-refractivity contribution in [2.75, 3.05) is 13.7 Å². The minimum absolute atomic E-state index is 0.152. The zero-order chi connectivity index (χ0) is 69.7. The Morgan fingerprint density at radius 1 is 0.394 bits per heavy atom.